The molecule has 6 heteroatoms. The fraction of sp³-hybridized carbons (Fsp3) is 0.625. The van der Waals surface area contributed by atoms with Gasteiger partial charge in [-0.2, -0.15) is 0 Å². The zero-order valence-electron chi connectivity index (χ0n) is 8.64. The van der Waals surface area contributed by atoms with E-state index < -0.39 is 0 Å². The number of carbonyl (C=O) groups is 1. The van der Waals surface area contributed by atoms with Gasteiger partial charge in [0.25, 0.3) is 0 Å². The minimum Gasteiger partial charge on any atom is -0.381 e. The highest BCUT2D eigenvalue weighted by molar-refractivity contribution is 5.75. The summed E-state index contributed by atoms with van der Waals surface area (Å²) in [5.41, 5.74) is 5.37. The first-order valence-electron chi connectivity index (χ1n) is 4.42. The number of hydrogen-bond donors (Lipinski definition) is 1. The van der Waals surface area contributed by atoms with Gasteiger partial charge < -0.3 is 10.6 Å². The maximum Gasteiger partial charge on any atom is 0.244 e. The van der Waals surface area contributed by atoms with Crippen LogP contribution in [0.25, 0.3) is 0 Å². The van der Waals surface area contributed by atoms with Crippen molar-refractivity contribution in [2.45, 2.75) is 26.4 Å². The van der Waals surface area contributed by atoms with Gasteiger partial charge in [-0.25, -0.2) is 4.68 Å². The Morgan fingerprint density at radius 3 is 2.79 bits per heavy atom. The summed E-state index contributed by atoms with van der Waals surface area (Å²) in [5.74, 6) is 0.315. The number of carbonyl (C=O) groups excluding carboxylic acids is 1. The molecule has 0 atom stereocenters. The van der Waals surface area contributed by atoms with Gasteiger partial charge in [0.1, 0.15) is 6.54 Å². The predicted molar refractivity (Wildman–Crippen MR) is 52.3 cm³/mol. The van der Waals surface area contributed by atoms with Gasteiger partial charge in [-0.3, -0.25) is 4.79 Å². The van der Waals surface area contributed by atoms with Gasteiger partial charge in [-0.15, -0.1) is 5.10 Å². The van der Waals surface area contributed by atoms with E-state index in [9.17, 15) is 4.79 Å². The Morgan fingerprint density at radius 1 is 1.71 bits per heavy atom. The van der Waals surface area contributed by atoms with Gasteiger partial charge in [0.2, 0.25) is 5.91 Å². The topological polar surface area (TPSA) is 77.0 Å². The van der Waals surface area contributed by atoms with Crippen LogP contribution in [0, 0.1) is 0 Å². The molecule has 0 aliphatic carbocycles. The average molecular weight is 197 g/mol. The lowest BCUT2D eigenvalue weighted by atomic mass is 10.3. The fourth-order valence-electron chi connectivity index (χ4n) is 0.929. The molecule has 0 aromatic carbocycles. The van der Waals surface area contributed by atoms with E-state index >= 15 is 0 Å². The second kappa shape index (κ2) is 4.08. The van der Waals surface area contributed by atoms with Crippen LogP contribution in [0.3, 0.4) is 0 Å². The number of anilines is 1. The van der Waals surface area contributed by atoms with Crippen molar-refractivity contribution < 1.29 is 4.79 Å². The molecule has 0 radical (unpaired) electrons. The number of rotatable bonds is 3. The third-order valence-corrected chi connectivity index (χ3v) is 2.02. The highest BCUT2D eigenvalue weighted by Crippen LogP contribution is 1.98. The summed E-state index contributed by atoms with van der Waals surface area (Å²) in [7, 11) is 1.76. The van der Waals surface area contributed by atoms with Gasteiger partial charge in [-0.05, 0) is 13.8 Å². The van der Waals surface area contributed by atoms with Crippen molar-refractivity contribution in [3.63, 3.8) is 0 Å². The molecule has 0 saturated heterocycles. The van der Waals surface area contributed by atoms with Crippen LogP contribution in [0.5, 0.6) is 0 Å². The minimum absolute atomic E-state index is 0.00935. The van der Waals surface area contributed by atoms with Gasteiger partial charge in [0.15, 0.2) is 5.82 Å². The number of likely N-dealkylation sites (N-methyl/N-ethyl adjacent to an activating group) is 1. The van der Waals surface area contributed by atoms with Crippen LogP contribution in [0.2, 0.25) is 0 Å². The van der Waals surface area contributed by atoms with E-state index in [1.54, 1.807) is 11.9 Å². The standard InChI is InChI=1S/C8H15N5O/c1-6(2)12(3)8(14)5-13-4-7(9)10-11-13/h4,6H,5,9H2,1-3H3. The summed E-state index contributed by atoms with van der Waals surface area (Å²) in [4.78, 5) is 13.2. The van der Waals surface area contributed by atoms with Crippen LogP contribution < -0.4 is 5.73 Å². The first-order chi connectivity index (χ1) is 6.50. The Morgan fingerprint density at radius 2 is 2.36 bits per heavy atom. The predicted octanol–water partition coefficient (Wildman–Crippen LogP) is -0.273. The largest absolute Gasteiger partial charge is 0.381 e. The quantitative estimate of drug-likeness (QED) is 0.723. The molecule has 1 rings (SSSR count). The average Bonchev–Trinajstić information content (AvgIpc) is 2.49. The highest BCUT2D eigenvalue weighted by Gasteiger charge is 2.12. The van der Waals surface area contributed by atoms with Crippen molar-refractivity contribution in [3.8, 4) is 0 Å². The lowest BCUT2D eigenvalue weighted by Crippen LogP contribution is -2.35. The fourth-order valence-corrected chi connectivity index (χ4v) is 0.929. The highest BCUT2D eigenvalue weighted by atomic mass is 16.2. The van der Waals surface area contributed by atoms with Crippen molar-refractivity contribution in [1.29, 1.82) is 0 Å². The van der Waals surface area contributed by atoms with Crippen LogP contribution in [0.15, 0.2) is 6.20 Å². The number of hydrogen-bond acceptors (Lipinski definition) is 4. The summed E-state index contributed by atoms with van der Waals surface area (Å²) in [6.45, 7) is 4.08. The maximum absolute atomic E-state index is 11.6. The van der Waals surface area contributed by atoms with Crippen LogP contribution in [-0.2, 0) is 11.3 Å². The smallest absolute Gasteiger partial charge is 0.244 e. The summed E-state index contributed by atoms with van der Waals surface area (Å²) >= 11 is 0. The monoisotopic (exact) mass is 197 g/mol. The lowest BCUT2D eigenvalue weighted by Gasteiger charge is -2.20. The molecule has 0 fully saturated rings. The third kappa shape index (κ3) is 2.45. The van der Waals surface area contributed by atoms with Gasteiger partial charge in [0, 0.05) is 13.1 Å². The summed E-state index contributed by atoms with van der Waals surface area (Å²) < 4.78 is 1.43. The molecule has 1 aromatic heterocycles. The zero-order chi connectivity index (χ0) is 10.7. The molecule has 2 N–H and O–H groups in total. The summed E-state index contributed by atoms with van der Waals surface area (Å²) in [6.07, 6.45) is 1.53. The first kappa shape index (κ1) is 10.5. The van der Waals surface area contributed by atoms with Crippen LogP contribution in [0.4, 0.5) is 5.82 Å². The Bertz CT molecular complexity index is 319. The zero-order valence-corrected chi connectivity index (χ0v) is 8.64. The Kier molecular flexibility index (Phi) is 3.06. The Labute approximate surface area is 82.7 Å². The number of aromatic nitrogens is 3. The molecule has 1 aromatic rings. The van der Waals surface area contributed by atoms with E-state index in [0.29, 0.717) is 5.82 Å². The first-order valence-corrected chi connectivity index (χ1v) is 4.42. The molecule has 0 bridgehead atoms. The molecule has 78 valence electrons. The molecule has 1 heterocycles. The maximum atomic E-state index is 11.6. The van der Waals surface area contributed by atoms with Crippen LogP contribution >= 0.6 is 0 Å². The summed E-state index contributed by atoms with van der Waals surface area (Å²) in [5, 5.41) is 7.29. The molecule has 0 aliphatic rings. The van der Waals surface area contributed by atoms with Crippen molar-refractivity contribution in [3.05, 3.63) is 6.20 Å². The van der Waals surface area contributed by atoms with Gasteiger partial charge >= 0.3 is 0 Å². The summed E-state index contributed by atoms with van der Waals surface area (Å²) in [6, 6.07) is 0.184. The Balaban J connectivity index is 2.57. The Hall–Kier alpha value is -1.59. The molecule has 0 spiro atoms. The third-order valence-electron chi connectivity index (χ3n) is 2.02. The molecule has 0 unspecified atom stereocenters. The number of nitrogens with two attached hydrogens (primary N) is 1. The molecular weight excluding hydrogens is 182 g/mol. The van der Waals surface area contributed by atoms with E-state index in [0.717, 1.165) is 0 Å². The molecule has 1 amide bonds. The minimum atomic E-state index is -0.00935. The number of amides is 1. The van der Waals surface area contributed by atoms with E-state index in [-0.39, 0.29) is 18.5 Å². The molecule has 6 nitrogen and oxygen atoms in total. The van der Waals surface area contributed by atoms with Crippen LogP contribution in [0.1, 0.15) is 13.8 Å². The molecular formula is C8H15N5O. The second-order valence-electron chi connectivity index (χ2n) is 3.44. The molecule has 0 saturated carbocycles. The normalized spacial score (nSPS) is 10.6. The van der Waals surface area contributed by atoms with Crippen LogP contribution in [-0.4, -0.2) is 38.9 Å². The molecule has 0 aliphatic heterocycles. The van der Waals surface area contributed by atoms with E-state index in [2.05, 4.69) is 10.3 Å². The number of nitrogen functional groups attached to an aromatic ring is 1. The van der Waals surface area contributed by atoms with Crippen molar-refractivity contribution >= 4 is 11.7 Å². The van der Waals surface area contributed by atoms with Crippen molar-refractivity contribution in [2.24, 2.45) is 0 Å². The van der Waals surface area contributed by atoms with E-state index in [1.807, 2.05) is 13.8 Å². The van der Waals surface area contributed by atoms with E-state index in [4.69, 9.17) is 5.73 Å². The van der Waals surface area contributed by atoms with Crippen molar-refractivity contribution in [2.75, 3.05) is 12.8 Å². The van der Waals surface area contributed by atoms with E-state index in [1.165, 1.54) is 10.9 Å². The van der Waals surface area contributed by atoms with Crippen molar-refractivity contribution in [1.82, 2.24) is 19.9 Å². The van der Waals surface area contributed by atoms with Gasteiger partial charge in [-0.1, -0.05) is 5.21 Å². The molecule has 14 heavy (non-hydrogen) atoms. The number of nitrogens with zero attached hydrogens (tertiary/aromatic N) is 4. The SMILES string of the molecule is CC(C)N(C)C(=O)Cn1cc(N)nn1. The second-order valence-corrected chi connectivity index (χ2v) is 3.44. The van der Waals surface area contributed by atoms with Gasteiger partial charge in [0.05, 0.1) is 6.20 Å². The lowest BCUT2D eigenvalue weighted by molar-refractivity contribution is -0.132.